The minimum atomic E-state index is -0.628. The molecule has 0 radical (unpaired) electrons. The fourth-order valence-electron chi connectivity index (χ4n) is 2.80. The molecule has 0 saturated carbocycles. The van der Waals surface area contributed by atoms with Gasteiger partial charge in [0, 0.05) is 37.5 Å². The highest BCUT2D eigenvalue weighted by Crippen LogP contribution is 2.27. The van der Waals surface area contributed by atoms with E-state index in [2.05, 4.69) is 22.2 Å². The first-order valence-corrected chi connectivity index (χ1v) is 9.19. The zero-order valence-corrected chi connectivity index (χ0v) is 15.3. The number of rotatable bonds is 4. The van der Waals surface area contributed by atoms with Gasteiger partial charge in [-0.25, -0.2) is 4.98 Å². The van der Waals surface area contributed by atoms with Gasteiger partial charge in [0.05, 0.1) is 5.69 Å². The van der Waals surface area contributed by atoms with E-state index in [9.17, 15) is 9.59 Å². The lowest BCUT2D eigenvalue weighted by atomic mass is 10.2. The van der Waals surface area contributed by atoms with Crippen molar-refractivity contribution in [2.75, 3.05) is 25.5 Å². The molecule has 0 fully saturated rings. The largest absolute Gasteiger partial charge is 0.330 e. The Kier molecular flexibility index (Phi) is 5.45. The van der Waals surface area contributed by atoms with Gasteiger partial charge in [-0.1, -0.05) is 30.3 Å². The average molecular weight is 358 g/mol. The van der Waals surface area contributed by atoms with Crippen LogP contribution in [0, 0.1) is 0 Å². The van der Waals surface area contributed by atoms with Crippen molar-refractivity contribution >= 4 is 28.3 Å². The summed E-state index contributed by atoms with van der Waals surface area (Å²) >= 11 is 1.45. The Morgan fingerprint density at radius 1 is 1.32 bits per heavy atom. The first kappa shape index (κ1) is 17.6. The van der Waals surface area contributed by atoms with Crippen LogP contribution in [0.4, 0.5) is 5.13 Å². The number of benzene rings is 1. The minimum absolute atomic E-state index is 0.419. The zero-order valence-electron chi connectivity index (χ0n) is 14.5. The van der Waals surface area contributed by atoms with Crippen molar-refractivity contribution in [3.05, 3.63) is 46.5 Å². The maximum atomic E-state index is 12.5. The van der Waals surface area contributed by atoms with Crippen LogP contribution in [0.25, 0.3) is 0 Å². The monoisotopic (exact) mass is 358 g/mol. The van der Waals surface area contributed by atoms with Crippen LogP contribution >= 0.6 is 11.3 Å². The number of carbonyl (C=O) groups is 2. The Bertz CT molecular complexity index is 760. The Morgan fingerprint density at radius 2 is 2.08 bits per heavy atom. The molecule has 1 N–H and O–H groups in total. The molecule has 0 unspecified atom stereocenters. The zero-order chi connectivity index (χ0) is 17.8. The van der Waals surface area contributed by atoms with Crippen molar-refractivity contribution in [3.8, 4) is 0 Å². The highest BCUT2D eigenvalue weighted by Gasteiger charge is 2.24. The molecular weight excluding hydrogens is 336 g/mol. The van der Waals surface area contributed by atoms with E-state index in [0.29, 0.717) is 18.2 Å². The molecule has 1 aromatic carbocycles. The molecule has 3 rings (SSSR count). The van der Waals surface area contributed by atoms with Gasteiger partial charge < -0.3 is 9.80 Å². The van der Waals surface area contributed by atoms with Crippen LogP contribution in [0.3, 0.4) is 0 Å². The van der Waals surface area contributed by atoms with Gasteiger partial charge in [-0.05, 0) is 19.5 Å². The van der Waals surface area contributed by atoms with E-state index in [0.717, 1.165) is 35.6 Å². The Labute approximate surface area is 151 Å². The predicted molar refractivity (Wildman–Crippen MR) is 98.3 cm³/mol. The number of carbonyl (C=O) groups excluding carboxylic acids is 2. The molecule has 0 atom stereocenters. The highest BCUT2D eigenvalue weighted by atomic mass is 32.1. The van der Waals surface area contributed by atoms with Crippen molar-refractivity contribution in [1.82, 2.24) is 14.8 Å². The highest BCUT2D eigenvalue weighted by molar-refractivity contribution is 7.16. The molecule has 0 saturated heterocycles. The Morgan fingerprint density at radius 3 is 2.80 bits per heavy atom. The number of hydrogen-bond acceptors (Lipinski definition) is 5. The maximum absolute atomic E-state index is 12.5. The minimum Gasteiger partial charge on any atom is -0.330 e. The SMILES string of the molecule is CCN(Cc1ccccc1)C(=O)C(=O)Nc1nc2c(s1)CN(C)CC2. The van der Waals surface area contributed by atoms with Gasteiger partial charge in [0.2, 0.25) is 0 Å². The van der Waals surface area contributed by atoms with Gasteiger partial charge in [-0.3, -0.25) is 14.9 Å². The number of amides is 2. The van der Waals surface area contributed by atoms with Gasteiger partial charge >= 0.3 is 11.8 Å². The number of nitrogens with zero attached hydrogens (tertiary/aromatic N) is 3. The van der Waals surface area contributed by atoms with E-state index in [4.69, 9.17) is 0 Å². The third-order valence-corrected chi connectivity index (χ3v) is 5.22. The number of aromatic nitrogens is 1. The summed E-state index contributed by atoms with van der Waals surface area (Å²) in [6, 6.07) is 9.66. The molecule has 0 bridgehead atoms. The van der Waals surface area contributed by atoms with Gasteiger partial charge in [0.15, 0.2) is 5.13 Å². The van der Waals surface area contributed by atoms with E-state index in [1.165, 1.54) is 16.2 Å². The van der Waals surface area contributed by atoms with Gasteiger partial charge in [-0.15, -0.1) is 11.3 Å². The molecular formula is C18H22N4O2S. The molecule has 1 aliphatic rings. The summed E-state index contributed by atoms with van der Waals surface area (Å²) in [5, 5.41) is 3.18. The predicted octanol–water partition coefficient (Wildman–Crippen LogP) is 2.12. The average Bonchev–Trinajstić information content (AvgIpc) is 3.01. The maximum Gasteiger partial charge on any atom is 0.315 e. The summed E-state index contributed by atoms with van der Waals surface area (Å²) < 4.78 is 0. The number of fused-ring (bicyclic) bond motifs is 1. The molecule has 0 spiro atoms. The normalized spacial score (nSPS) is 14.0. The summed E-state index contributed by atoms with van der Waals surface area (Å²) in [5.74, 6) is -1.16. The fourth-order valence-corrected chi connectivity index (χ4v) is 3.89. The molecule has 132 valence electrons. The number of hydrogen-bond donors (Lipinski definition) is 1. The topological polar surface area (TPSA) is 65.5 Å². The molecule has 0 aliphatic carbocycles. The lowest BCUT2D eigenvalue weighted by molar-refractivity contribution is -0.143. The molecule has 2 heterocycles. The molecule has 25 heavy (non-hydrogen) atoms. The quantitative estimate of drug-likeness (QED) is 0.851. The van der Waals surface area contributed by atoms with Crippen LogP contribution < -0.4 is 5.32 Å². The molecule has 7 heteroatoms. The van der Waals surface area contributed by atoms with Gasteiger partial charge in [-0.2, -0.15) is 0 Å². The summed E-state index contributed by atoms with van der Waals surface area (Å²) in [4.78, 5) is 34.2. The second-order valence-electron chi connectivity index (χ2n) is 6.14. The van der Waals surface area contributed by atoms with Crippen LogP contribution in [0.1, 0.15) is 23.1 Å². The van der Waals surface area contributed by atoms with Gasteiger partial charge in [0.25, 0.3) is 0 Å². The van der Waals surface area contributed by atoms with Crippen LogP contribution in [0.2, 0.25) is 0 Å². The first-order chi connectivity index (χ1) is 12.1. The molecule has 6 nitrogen and oxygen atoms in total. The second-order valence-corrected chi connectivity index (χ2v) is 7.22. The fraction of sp³-hybridized carbons (Fsp3) is 0.389. The number of anilines is 1. The lowest BCUT2D eigenvalue weighted by Crippen LogP contribution is -2.39. The van der Waals surface area contributed by atoms with Crippen LogP contribution in [0.5, 0.6) is 0 Å². The third-order valence-electron chi connectivity index (χ3n) is 4.22. The molecule has 1 aromatic heterocycles. The molecule has 1 aliphatic heterocycles. The van der Waals surface area contributed by atoms with E-state index >= 15 is 0 Å². The van der Waals surface area contributed by atoms with Crippen molar-refractivity contribution < 1.29 is 9.59 Å². The number of thiazole rings is 1. The third kappa shape index (κ3) is 4.24. The van der Waals surface area contributed by atoms with Crippen molar-refractivity contribution in [2.24, 2.45) is 0 Å². The smallest absolute Gasteiger partial charge is 0.315 e. The van der Waals surface area contributed by atoms with Gasteiger partial charge in [0.1, 0.15) is 0 Å². The summed E-state index contributed by atoms with van der Waals surface area (Å²) in [7, 11) is 2.06. The lowest BCUT2D eigenvalue weighted by Gasteiger charge is -2.20. The Balaban J connectivity index is 1.64. The number of likely N-dealkylation sites (N-methyl/N-ethyl adjacent to an activating group) is 2. The van der Waals surface area contributed by atoms with E-state index in [1.807, 2.05) is 37.3 Å². The van der Waals surface area contributed by atoms with Crippen LogP contribution in [-0.4, -0.2) is 46.7 Å². The summed E-state index contributed by atoms with van der Waals surface area (Å²) in [6.07, 6.45) is 0.876. The molecule has 2 amide bonds. The van der Waals surface area contributed by atoms with Crippen molar-refractivity contribution in [3.63, 3.8) is 0 Å². The second kappa shape index (κ2) is 7.76. The standard InChI is InChI=1S/C18H22N4O2S/c1-3-22(11-13-7-5-4-6-8-13)17(24)16(23)20-18-19-14-9-10-21(2)12-15(14)25-18/h4-8H,3,9-12H2,1-2H3,(H,19,20,23). The van der Waals surface area contributed by atoms with E-state index in [-0.39, 0.29) is 0 Å². The van der Waals surface area contributed by atoms with Crippen molar-refractivity contribution in [1.29, 1.82) is 0 Å². The first-order valence-electron chi connectivity index (χ1n) is 8.38. The van der Waals surface area contributed by atoms with Crippen LogP contribution in [-0.2, 0) is 29.1 Å². The van der Waals surface area contributed by atoms with Crippen LogP contribution in [0.15, 0.2) is 30.3 Å². The van der Waals surface area contributed by atoms with Crippen molar-refractivity contribution in [2.45, 2.75) is 26.4 Å². The summed E-state index contributed by atoms with van der Waals surface area (Å²) in [5.41, 5.74) is 2.03. The van der Waals surface area contributed by atoms with E-state index < -0.39 is 11.8 Å². The molecule has 2 aromatic rings. The number of nitrogens with one attached hydrogen (secondary N) is 1. The van der Waals surface area contributed by atoms with E-state index in [1.54, 1.807) is 0 Å². The summed E-state index contributed by atoms with van der Waals surface area (Å²) in [6.45, 7) is 4.56. The Hall–Kier alpha value is -2.25.